The average Bonchev–Trinajstić information content (AvgIpc) is 2.29. The summed E-state index contributed by atoms with van der Waals surface area (Å²) in [7, 11) is 0. The maximum Gasteiger partial charge on any atom is 0.288 e. The molecular weight excluding hydrogens is 238 g/mol. The average molecular weight is 247 g/mol. The molecule has 1 aromatic heterocycles. The highest BCUT2D eigenvalue weighted by molar-refractivity contribution is 7.18. The predicted octanol–water partition coefficient (Wildman–Crippen LogP) is 1.71. The second-order valence-electron chi connectivity index (χ2n) is 3.54. The summed E-state index contributed by atoms with van der Waals surface area (Å²) in [4.78, 5) is 33.8. The number of anilines is 1. The summed E-state index contributed by atoms with van der Waals surface area (Å²) in [5, 5.41) is 2.93. The third-order valence-corrected chi connectivity index (χ3v) is 3.24. The molecule has 0 spiro atoms. The van der Waals surface area contributed by atoms with Crippen molar-refractivity contribution in [1.82, 2.24) is 0 Å². The first-order valence-electron chi connectivity index (χ1n) is 4.91. The lowest BCUT2D eigenvalue weighted by atomic mass is 10.2. The van der Waals surface area contributed by atoms with Crippen molar-refractivity contribution in [1.29, 1.82) is 0 Å². The highest BCUT2D eigenvalue weighted by Gasteiger charge is 2.04. The van der Waals surface area contributed by atoms with Gasteiger partial charge in [0.25, 0.3) is 5.91 Å². The zero-order valence-corrected chi connectivity index (χ0v) is 9.84. The minimum Gasteiger partial charge on any atom is -0.320 e. The molecule has 1 amide bonds. The van der Waals surface area contributed by atoms with Crippen molar-refractivity contribution in [2.45, 2.75) is 6.92 Å². The molecule has 0 bridgehead atoms. The molecule has 0 aliphatic rings. The number of rotatable bonds is 2. The summed E-state index contributed by atoms with van der Waals surface area (Å²) in [6.07, 6.45) is 0.195. The summed E-state index contributed by atoms with van der Waals surface area (Å²) < 4.78 is 0.860. The van der Waals surface area contributed by atoms with E-state index < -0.39 is 5.91 Å². The Balaban J connectivity index is 2.54. The second kappa shape index (κ2) is 4.47. The van der Waals surface area contributed by atoms with Gasteiger partial charge in [0.05, 0.1) is 0 Å². The fourth-order valence-electron chi connectivity index (χ4n) is 1.53. The monoisotopic (exact) mass is 247 g/mol. The van der Waals surface area contributed by atoms with Crippen molar-refractivity contribution in [2.24, 2.45) is 0 Å². The van der Waals surface area contributed by atoms with Gasteiger partial charge in [0.15, 0.2) is 5.43 Å². The van der Waals surface area contributed by atoms with Crippen LogP contribution < -0.4 is 10.7 Å². The van der Waals surface area contributed by atoms with Crippen LogP contribution in [0.25, 0.3) is 10.1 Å². The lowest BCUT2D eigenvalue weighted by Gasteiger charge is -2.03. The molecule has 1 heterocycles. The van der Waals surface area contributed by atoms with E-state index in [1.54, 1.807) is 24.3 Å². The highest BCUT2D eigenvalue weighted by atomic mass is 32.1. The van der Waals surface area contributed by atoms with Crippen LogP contribution in [0.15, 0.2) is 29.1 Å². The lowest BCUT2D eigenvalue weighted by molar-refractivity contribution is -0.127. The fourth-order valence-corrected chi connectivity index (χ4v) is 2.44. The van der Waals surface area contributed by atoms with E-state index >= 15 is 0 Å². The van der Waals surface area contributed by atoms with Gasteiger partial charge in [0.2, 0.25) is 6.29 Å². The summed E-state index contributed by atoms with van der Waals surface area (Å²) in [6, 6.07) is 6.56. The zero-order valence-electron chi connectivity index (χ0n) is 9.02. The zero-order chi connectivity index (χ0) is 12.4. The van der Waals surface area contributed by atoms with Gasteiger partial charge in [-0.15, -0.1) is 11.3 Å². The van der Waals surface area contributed by atoms with Gasteiger partial charge in [-0.3, -0.25) is 14.4 Å². The van der Waals surface area contributed by atoms with Gasteiger partial charge in [0, 0.05) is 20.7 Å². The Hall–Kier alpha value is -2.01. The van der Waals surface area contributed by atoms with E-state index in [0.717, 1.165) is 9.58 Å². The first kappa shape index (κ1) is 11.5. The number of aryl methyl sites for hydroxylation is 1. The van der Waals surface area contributed by atoms with Crippen LogP contribution in [0.2, 0.25) is 0 Å². The Bertz CT molecular complexity index is 660. The topological polar surface area (TPSA) is 63.2 Å². The molecule has 0 aliphatic carbocycles. The predicted molar refractivity (Wildman–Crippen MR) is 67.5 cm³/mol. The summed E-state index contributed by atoms with van der Waals surface area (Å²) in [5.41, 5.74) is 0.362. The van der Waals surface area contributed by atoms with Crippen LogP contribution in [0, 0.1) is 6.92 Å². The van der Waals surface area contributed by atoms with E-state index in [-0.39, 0.29) is 11.7 Å². The summed E-state index contributed by atoms with van der Waals surface area (Å²) in [6.45, 7) is 1.87. The SMILES string of the molecule is Cc1cc(=O)c2cc(NC(=O)C=O)ccc2s1. The molecule has 2 aromatic rings. The molecule has 0 aliphatic heterocycles. The normalized spacial score (nSPS) is 10.2. The van der Waals surface area contributed by atoms with E-state index in [4.69, 9.17) is 0 Å². The van der Waals surface area contributed by atoms with Crippen LogP contribution in [0.5, 0.6) is 0 Å². The minimum absolute atomic E-state index is 0.0848. The van der Waals surface area contributed by atoms with Crippen LogP contribution in [0.3, 0.4) is 0 Å². The van der Waals surface area contributed by atoms with Crippen LogP contribution in [-0.4, -0.2) is 12.2 Å². The van der Waals surface area contributed by atoms with Crippen LogP contribution in [-0.2, 0) is 9.59 Å². The smallest absolute Gasteiger partial charge is 0.288 e. The van der Waals surface area contributed by atoms with Crippen molar-refractivity contribution in [3.05, 3.63) is 39.4 Å². The van der Waals surface area contributed by atoms with Gasteiger partial charge in [-0.1, -0.05) is 0 Å². The Morgan fingerprint density at radius 1 is 1.35 bits per heavy atom. The third-order valence-electron chi connectivity index (χ3n) is 2.22. The Morgan fingerprint density at radius 2 is 2.12 bits per heavy atom. The van der Waals surface area contributed by atoms with Crippen molar-refractivity contribution in [3.8, 4) is 0 Å². The Labute approximate surface area is 101 Å². The maximum absolute atomic E-state index is 11.7. The molecule has 86 valence electrons. The standard InChI is InChI=1S/C12H9NO3S/c1-7-4-10(15)9-5-8(13-12(16)6-14)2-3-11(9)17-7/h2-6H,1H3,(H,13,16). The molecule has 1 aromatic carbocycles. The lowest BCUT2D eigenvalue weighted by Crippen LogP contribution is -2.12. The van der Waals surface area contributed by atoms with Crippen molar-refractivity contribution in [3.63, 3.8) is 0 Å². The van der Waals surface area contributed by atoms with Crippen LogP contribution in [0.1, 0.15) is 4.88 Å². The number of benzene rings is 1. The molecule has 0 unspecified atom stereocenters. The highest BCUT2D eigenvalue weighted by Crippen LogP contribution is 2.21. The number of nitrogens with one attached hydrogen (secondary N) is 1. The molecule has 0 saturated carbocycles. The van der Waals surface area contributed by atoms with Gasteiger partial charge in [-0.05, 0) is 31.2 Å². The number of aldehydes is 1. The number of fused-ring (bicyclic) bond motifs is 1. The Kier molecular flexibility index (Phi) is 3.01. The van der Waals surface area contributed by atoms with Crippen molar-refractivity contribution >= 4 is 39.3 Å². The van der Waals surface area contributed by atoms with Crippen molar-refractivity contribution < 1.29 is 9.59 Å². The number of carbonyl (C=O) groups excluding carboxylic acids is 2. The molecule has 1 N–H and O–H groups in total. The molecule has 0 saturated heterocycles. The Morgan fingerprint density at radius 3 is 2.82 bits per heavy atom. The van der Waals surface area contributed by atoms with Gasteiger partial charge in [0.1, 0.15) is 0 Å². The third kappa shape index (κ3) is 2.39. The molecule has 5 heteroatoms. The largest absolute Gasteiger partial charge is 0.320 e. The molecule has 0 atom stereocenters. The van der Waals surface area contributed by atoms with Gasteiger partial charge in [-0.2, -0.15) is 0 Å². The fraction of sp³-hybridized carbons (Fsp3) is 0.0833. The van der Waals surface area contributed by atoms with Gasteiger partial charge >= 0.3 is 0 Å². The first-order valence-corrected chi connectivity index (χ1v) is 5.72. The first-order chi connectivity index (χ1) is 8.10. The molecule has 2 rings (SSSR count). The van der Waals surface area contributed by atoms with E-state index in [0.29, 0.717) is 11.1 Å². The number of amides is 1. The van der Waals surface area contributed by atoms with E-state index in [1.165, 1.54) is 11.3 Å². The van der Waals surface area contributed by atoms with Crippen LogP contribution in [0.4, 0.5) is 5.69 Å². The molecular formula is C12H9NO3S. The molecule has 0 radical (unpaired) electrons. The molecule has 4 nitrogen and oxygen atoms in total. The molecule has 0 fully saturated rings. The van der Waals surface area contributed by atoms with Gasteiger partial charge in [-0.25, -0.2) is 0 Å². The number of hydrogen-bond acceptors (Lipinski definition) is 4. The van der Waals surface area contributed by atoms with Gasteiger partial charge < -0.3 is 5.32 Å². The maximum atomic E-state index is 11.7. The van der Waals surface area contributed by atoms with Crippen LogP contribution >= 0.6 is 11.3 Å². The molecule has 17 heavy (non-hydrogen) atoms. The number of hydrogen-bond donors (Lipinski definition) is 1. The van der Waals surface area contributed by atoms with E-state index in [9.17, 15) is 14.4 Å². The van der Waals surface area contributed by atoms with E-state index in [2.05, 4.69) is 5.32 Å². The minimum atomic E-state index is -0.729. The number of carbonyl (C=O) groups is 2. The summed E-state index contributed by atoms with van der Waals surface area (Å²) in [5.74, 6) is -0.729. The van der Waals surface area contributed by atoms with E-state index in [1.807, 2.05) is 6.92 Å². The quantitative estimate of drug-likeness (QED) is 0.649. The second-order valence-corrected chi connectivity index (χ2v) is 4.83. The van der Waals surface area contributed by atoms with Crippen molar-refractivity contribution in [2.75, 3.05) is 5.32 Å². The summed E-state index contributed by atoms with van der Waals surface area (Å²) >= 11 is 1.51.